The van der Waals surface area contributed by atoms with E-state index in [1.807, 2.05) is 0 Å². The highest BCUT2D eigenvalue weighted by molar-refractivity contribution is 5.93. The summed E-state index contributed by atoms with van der Waals surface area (Å²) in [6.07, 6.45) is 0. The monoisotopic (exact) mass is 304 g/mol. The molecule has 0 spiro atoms. The number of hydrogen-bond donors (Lipinski definition) is 2. The number of nitro benzene ring substituents is 1. The van der Waals surface area contributed by atoms with E-state index in [1.54, 1.807) is 26.1 Å². The van der Waals surface area contributed by atoms with E-state index in [0.29, 0.717) is 24.5 Å². The van der Waals surface area contributed by atoms with Crippen LogP contribution in [0.25, 0.3) is 5.69 Å². The van der Waals surface area contributed by atoms with Crippen LogP contribution >= 0.6 is 0 Å². The summed E-state index contributed by atoms with van der Waals surface area (Å²) in [7, 11) is 1.79. The fraction of sp³-hybridized carbons (Fsp3) is 0.308. The van der Waals surface area contributed by atoms with Gasteiger partial charge in [-0.2, -0.15) is 0 Å². The van der Waals surface area contributed by atoms with Crippen molar-refractivity contribution in [3.05, 3.63) is 45.8 Å². The van der Waals surface area contributed by atoms with Crippen molar-refractivity contribution in [1.29, 1.82) is 0 Å². The van der Waals surface area contributed by atoms with Crippen molar-refractivity contribution in [3.63, 3.8) is 0 Å². The topological polar surface area (TPSA) is 115 Å². The van der Waals surface area contributed by atoms with Crippen LogP contribution in [0.2, 0.25) is 0 Å². The standard InChI is InChI=1S/C13H16N6O3/c1-9-12(13(20)15-7-6-14-2)16-17-18(9)10-4-3-5-11(8-10)19(21)22/h3-5,8,14H,6-7H2,1-2H3,(H,15,20). The second kappa shape index (κ2) is 6.76. The molecule has 2 N–H and O–H groups in total. The Bertz CT molecular complexity index is 697. The molecule has 1 aromatic carbocycles. The molecule has 0 aliphatic heterocycles. The molecule has 0 saturated carbocycles. The molecule has 1 aromatic heterocycles. The lowest BCUT2D eigenvalue weighted by Crippen LogP contribution is -2.31. The molecule has 22 heavy (non-hydrogen) atoms. The Labute approximate surface area is 126 Å². The minimum absolute atomic E-state index is 0.0487. The third-order valence-corrected chi connectivity index (χ3v) is 3.06. The lowest BCUT2D eigenvalue weighted by atomic mass is 10.2. The van der Waals surface area contributed by atoms with Crippen molar-refractivity contribution < 1.29 is 9.72 Å². The first-order valence-corrected chi connectivity index (χ1v) is 6.64. The van der Waals surface area contributed by atoms with Crippen molar-refractivity contribution in [1.82, 2.24) is 25.6 Å². The van der Waals surface area contributed by atoms with Crippen LogP contribution in [0.5, 0.6) is 0 Å². The van der Waals surface area contributed by atoms with Gasteiger partial charge in [-0.3, -0.25) is 14.9 Å². The van der Waals surface area contributed by atoms with Crippen LogP contribution in [0, 0.1) is 17.0 Å². The fourth-order valence-electron chi connectivity index (χ4n) is 1.91. The van der Waals surface area contributed by atoms with Gasteiger partial charge < -0.3 is 10.6 Å². The highest BCUT2D eigenvalue weighted by Gasteiger charge is 2.18. The van der Waals surface area contributed by atoms with E-state index in [1.165, 1.54) is 16.8 Å². The van der Waals surface area contributed by atoms with Gasteiger partial charge >= 0.3 is 0 Å². The predicted molar refractivity (Wildman–Crippen MR) is 79.0 cm³/mol. The normalized spacial score (nSPS) is 10.5. The number of non-ortho nitro benzene ring substituents is 1. The molecule has 1 amide bonds. The largest absolute Gasteiger partial charge is 0.349 e. The lowest BCUT2D eigenvalue weighted by molar-refractivity contribution is -0.384. The minimum Gasteiger partial charge on any atom is -0.349 e. The number of aromatic nitrogens is 3. The van der Waals surface area contributed by atoms with Gasteiger partial charge in [-0.15, -0.1) is 5.10 Å². The number of nitrogens with zero attached hydrogens (tertiary/aromatic N) is 4. The Hall–Kier alpha value is -2.81. The summed E-state index contributed by atoms with van der Waals surface area (Å²) in [5.41, 5.74) is 1.14. The number of likely N-dealkylation sites (N-methyl/N-ethyl adjacent to an activating group) is 1. The van der Waals surface area contributed by atoms with Crippen molar-refractivity contribution in [2.45, 2.75) is 6.92 Å². The van der Waals surface area contributed by atoms with Crippen LogP contribution in [0.1, 0.15) is 16.2 Å². The molecule has 2 rings (SSSR count). The highest BCUT2D eigenvalue weighted by atomic mass is 16.6. The van der Waals surface area contributed by atoms with Gasteiger partial charge in [-0.05, 0) is 20.0 Å². The van der Waals surface area contributed by atoms with E-state index in [2.05, 4.69) is 20.9 Å². The quantitative estimate of drug-likeness (QED) is 0.454. The van der Waals surface area contributed by atoms with Crippen molar-refractivity contribution in [2.24, 2.45) is 0 Å². The van der Waals surface area contributed by atoms with Crippen LogP contribution in [-0.2, 0) is 0 Å². The maximum absolute atomic E-state index is 12.0. The highest BCUT2D eigenvalue weighted by Crippen LogP contribution is 2.18. The molecular formula is C13H16N6O3. The van der Waals surface area contributed by atoms with E-state index >= 15 is 0 Å². The maximum Gasteiger partial charge on any atom is 0.273 e. The van der Waals surface area contributed by atoms with Gasteiger partial charge in [0.2, 0.25) is 0 Å². The first-order valence-electron chi connectivity index (χ1n) is 6.64. The minimum atomic E-state index is -0.485. The van der Waals surface area contributed by atoms with Gasteiger partial charge in [0.15, 0.2) is 5.69 Å². The average Bonchev–Trinajstić information content (AvgIpc) is 2.89. The summed E-state index contributed by atoms with van der Waals surface area (Å²) in [4.78, 5) is 22.3. The van der Waals surface area contributed by atoms with E-state index in [-0.39, 0.29) is 17.3 Å². The zero-order chi connectivity index (χ0) is 16.1. The van der Waals surface area contributed by atoms with Gasteiger partial charge in [0.1, 0.15) is 0 Å². The SMILES string of the molecule is CNCCNC(=O)c1nnn(-c2cccc([N+](=O)[O-])c2)c1C. The fourth-order valence-corrected chi connectivity index (χ4v) is 1.91. The number of benzene rings is 1. The van der Waals surface area contributed by atoms with Crippen molar-refractivity contribution >= 4 is 11.6 Å². The molecule has 0 aliphatic carbocycles. The third kappa shape index (κ3) is 3.26. The summed E-state index contributed by atoms with van der Waals surface area (Å²) < 4.78 is 1.40. The van der Waals surface area contributed by atoms with Gasteiger partial charge in [0.05, 0.1) is 16.3 Å². The van der Waals surface area contributed by atoms with Crippen LogP contribution in [-0.4, -0.2) is 46.0 Å². The number of nitrogens with one attached hydrogen (secondary N) is 2. The molecule has 0 aliphatic rings. The molecule has 9 heteroatoms. The Kier molecular flexibility index (Phi) is 4.79. The van der Waals surface area contributed by atoms with Gasteiger partial charge in [0.25, 0.3) is 11.6 Å². The van der Waals surface area contributed by atoms with Gasteiger partial charge in [-0.25, -0.2) is 4.68 Å². The molecule has 0 fully saturated rings. The Morgan fingerprint density at radius 1 is 1.41 bits per heavy atom. The summed E-state index contributed by atoms with van der Waals surface area (Å²) in [5.74, 6) is -0.329. The zero-order valence-corrected chi connectivity index (χ0v) is 12.2. The number of carbonyl (C=O) groups is 1. The number of rotatable bonds is 6. The average molecular weight is 304 g/mol. The summed E-state index contributed by atoms with van der Waals surface area (Å²) in [5, 5.41) is 24.2. The van der Waals surface area contributed by atoms with E-state index in [0.717, 1.165) is 0 Å². The second-order valence-corrected chi connectivity index (χ2v) is 4.57. The smallest absolute Gasteiger partial charge is 0.273 e. The molecule has 2 aromatic rings. The van der Waals surface area contributed by atoms with E-state index in [4.69, 9.17) is 0 Å². The zero-order valence-electron chi connectivity index (χ0n) is 12.2. The maximum atomic E-state index is 12.0. The first kappa shape index (κ1) is 15.6. The first-order chi connectivity index (χ1) is 10.5. The van der Waals surface area contributed by atoms with Crippen LogP contribution < -0.4 is 10.6 Å². The molecule has 0 saturated heterocycles. The molecular weight excluding hydrogens is 288 g/mol. The van der Waals surface area contributed by atoms with Crippen LogP contribution in [0.3, 0.4) is 0 Å². The van der Waals surface area contributed by atoms with Crippen LogP contribution in [0.4, 0.5) is 5.69 Å². The molecule has 0 unspecified atom stereocenters. The summed E-state index contributed by atoms with van der Waals surface area (Å²) in [6, 6.07) is 5.99. The number of amides is 1. The molecule has 0 radical (unpaired) electrons. The lowest BCUT2D eigenvalue weighted by Gasteiger charge is -2.04. The Balaban J connectivity index is 2.25. The van der Waals surface area contributed by atoms with Crippen molar-refractivity contribution in [2.75, 3.05) is 20.1 Å². The second-order valence-electron chi connectivity index (χ2n) is 4.57. The molecule has 116 valence electrons. The van der Waals surface area contributed by atoms with Gasteiger partial charge in [-0.1, -0.05) is 11.3 Å². The van der Waals surface area contributed by atoms with E-state index < -0.39 is 4.92 Å². The number of nitro groups is 1. The number of carbonyl (C=O) groups excluding carboxylic acids is 1. The third-order valence-electron chi connectivity index (χ3n) is 3.06. The Morgan fingerprint density at radius 3 is 2.86 bits per heavy atom. The molecule has 0 bridgehead atoms. The van der Waals surface area contributed by atoms with Crippen molar-refractivity contribution in [3.8, 4) is 5.69 Å². The van der Waals surface area contributed by atoms with Crippen LogP contribution in [0.15, 0.2) is 24.3 Å². The predicted octanol–water partition coefficient (Wildman–Crippen LogP) is 0.433. The molecule has 1 heterocycles. The Morgan fingerprint density at radius 2 is 2.18 bits per heavy atom. The summed E-state index contributed by atoms with van der Waals surface area (Å²) >= 11 is 0. The molecule has 0 atom stereocenters. The van der Waals surface area contributed by atoms with Gasteiger partial charge in [0, 0.05) is 25.2 Å². The summed E-state index contributed by atoms with van der Waals surface area (Å²) in [6.45, 7) is 2.80. The van der Waals surface area contributed by atoms with E-state index in [9.17, 15) is 14.9 Å². The molecule has 9 nitrogen and oxygen atoms in total. The number of hydrogen-bond acceptors (Lipinski definition) is 6.